The first-order valence-electron chi connectivity index (χ1n) is 11.5. The maximum atomic E-state index is 9.77. The van der Waals surface area contributed by atoms with Crippen molar-refractivity contribution in [2.75, 3.05) is 0 Å². The van der Waals surface area contributed by atoms with Gasteiger partial charge in [0, 0.05) is 41.9 Å². The van der Waals surface area contributed by atoms with Crippen molar-refractivity contribution in [2.24, 2.45) is 0 Å². The minimum atomic E-state index is 0.311. The average Bonchev–Trinajstić information content (AvgIpc) is 3.45. The molecule has 4 heterocycles. The van der Waals surface area contributed by atoms with E-state index in [9.17, 15) is 5.26 Å². The van der Waals surface area contributed by atoms with Gasteiger partial charge in [0.25, 0.3) is 0 Å². The molecule has 0 atom stereocenters. The molecule has 0 unspecified atom stereocenters. The van der Waals surface area contributed by atoms with Crippen molar-refractivity contribution < 1.29 is 0 Å². The van der Waals surface area contributed by atoms with Crippen LogP contribution in [-0.4, -0.2) is 24.1 Å². The fourth-order valence-corrected chi connectivity index (χ4v) is 4.52. The summed E-state index contributed by atoms with van der Waals surface area (Å²) >= 11 is 0. The number of hydrogen-bond donors (Lipinski definition) is 0. The lowest BCUT2D eigenvalue weighted by Crippen LogP contribution is -2.07. The van der Waals surface area contributed by atoms with Crippen molar-refractivity contribution in [3.8, 4) is 29.0 Å². The van der Waals surface area contributed by atoms with Gasteiger partial charge in [0.15, 0.2) is 5.69 Å². The number of fused-ring (bicyclic) bond motifs is 1. The van der Waals surface area contributed by atoms with Gasteiger partial charge in [0.2, 0.25) is 0 Å². The minimum Gasteiger partial charge on any atom is -0.300 e. The number of pyridine rings is 2. The second-order valence-electron chi connectivity index (χ2n) is 9.02. The maximum absolute atomic E-state index is 9.77. The van der Waals surface area contributed by atoms with Crippen LogP contribution < -0.4 is 0 Å². The smallest absolute Gasteiger partial charge is 0.159 e. The first-order chi connectivity index (χ1) is 16.5. The van der Waals surface area contributed by atoms with Gasteiger partial charge >= 0.3 is 0 Å². The summed E-state index contributed by atoms with van der Waals surface area (Å²) in [4.78, 5) is 13.7. The van der Waals surface area contributed by atoms with E-state index in [1.165, 1.54) is 11.1 Å². The Bertz CT molecular complexity index is 1490. The third kappa shape index (κ3) is 3.56. The summed E-state index contributed by atoms with van der Waals surface area (Å²) in [6.45, 7) is 8.78. The molecule has 5 rings (SSSR count). The van der Waals surface area contributed by atoms with Gasteiger partial charge in [-0.1, -0.05) is 52.0 Å². The van der Waals surface area contributed by atoms with E-state index in [0.29, 0.717) is 17.5 Å². The molecule has 4 aromatic heterocycles. The molecule has 1 aromatic carbocycles. The Labute approximate surface area is 199 Å². The van der Waals surface area contributed by atoms with Crippen LogP contribution in [0.15, 0.2) is 73.4 Å². The molecule has 0 amide bonds. The first-order valence-corrected chi connectivity index (χ1v) is 11.5. The highest BCUT2D eigenvalue weighted by Gasteiger charge is 2.23. The number of rotatable bonds is 5. The van der Waals surface area contributed by atoms with Gasteiger partial charge in [-0.15, -0.1) is 0 Å². The van der Waals surface area contributed by atoms with Crippen LogP contribution in [0.3, 0.4) is 0 Å². The molecule has 6 nitrogen and oxygen atoms in total. The topological polar surface area (TPSA) is 72.3 Å². The van der Waals surface area contributed by atoms with E-state index in [4.69, 9.17) is 4.98 Å². The SMILES string of the molecule is CC(C)c1cccc(C(C)C)c1-n1cc(C#N)nc1-c1cn(-c2ccccn2)c2ccncc12. The van der Waals surface area contributed by atoms with Crippen LogP contribution in [0.5, 0.6) is 0 Å². The third-order valence-corrected chi connectivity index (χ3v) is 6.15. The summed E-state index contributed by atoms with van der Waals surface area (Å²) in [5.41, 5.74) is 5.81. The summed E-state index contributed by atoms with van der Waals surface area (Å²) in [5.74, 6) is 2.16. The van der Waals surface area contributed by atoms with Crippen LogP contribution in [0.1, 0.15) is 56.4 Å². The van der Waals surface area contributed by atoms with E-state index < -0.39 is 0 Å². The van der Waals surface area contributed by atoms with Crippen molar-refractivity contribution in [1.82, 2.24) is 24.1 Å². The molecule has 0 N–H and O–H groups in total. The largest absolute Gasteiger partial charge is 0.300 e. The molecule has 168 valence electrons. The Kier molecular flexibility index (Phi) is 5.46. The van der Waals surface area contributed by atoms with Crippen LogP contribution in [-0.2, 0) is 0 Å². The molecule has 34 heavy (non-hydrogen) atoms. The monoisotopic (exact) mass is 446 g/mol. The molecule has 0 fully saturated rings. The van der Waals surface area contributed by atoms with Gasteiger partial charge in [-0.25, -0.2) is 9.97 Å². The predicted molar refractivity (Wildman–Crippen MR) is 134 cm³/mol. The summed E-state index contributed by atoms with van der Waals surface area (Å²) in [6.07, 6.45) is 9.31. The zero-order valence-corrected chi connectivity index (χ0v) is 19.8. The number of aromatic nitrogens is 5. The van der Waals surface area contributed by atoms with Gasteiger partial charge in [0.05, 0.1) is 11.2 Å². The fraction of sp³-hybridized carbons (Fsp3) is 0.214. The molecule has 0 aliphatic rings. The van der Waals surface area contributed by atoms with Crippen molar-refractivity contribution in [1.29, 1.82) is 5.26 Å². The molecule has 0 bridgehead atoms. The lowest BCUT2D eigenvalue weighted by molar-refractivity contribution is 0.807. The van der Waals surface area contributed by atoms with E-state index in [0.717, 1.165) is 33.8 Å². The second-order valence-corrected chi connectivity index (χ2v) is 9.02. The summed E-state index contributed by atoms with van der Waals surface area (Å²) in [5, 5.41) is 10.7. The predicted octanol–water partition coefficient (Wildman–Crippen LogP) is 6.39. The molecule has 0 aliphatic carbocycles. The Balaban J connectivity index is 1.84. The zero-order valence-electron chi connectivity index (χ0n) is 19.8. The molecular weight excluding hydrogens is 420 g/mol. The number of benzene rings is 1. The minimum absolute atomic E-state index is 0.311. The summed E-state index contributed by atoms with van der Waals surface area (Å²) in [7, 11) is 0. The Morgan fingerprint density at radius 1 is 0.853 bits per heavy atom. The Morgan fingerprint density at radius 2 is 1.62 bits per heavy atom. The van der Waals surface area contributed by atoms with Crippen molar-refractivity contribution >= 4 is 10.9 Å². The molecule has 0 aliphatic heterocycles. The number of imidazole rings is 1. The van der Waals surface area contributed by atoms with E-state index in [-0.39, 0.29) is 0 Å². The van der Waals surface area contributed by atoms with Gasteiger partial charge in [-0.2, -0.15) is 5.26 Å². The lowest BCUT2D eigenvalue weighted by atomic mass is 9.92. The summed E-state index contributed by atoms with van der Waals surface area (Å²) < 4.78 is 4.14. The van der Waals surface area contributed by atoms with Crippen LogP contribution in [0.2, 0.25) is 0 Å². The van der Waals surface area contributed by atoms with E-state index in [1.54, 1.807) is 12.4 Å². The highest BCUT2D eigenvalue weighted by Crippen LogP contribution is 2.37. The average molecular weight is 447 g/mol. The number of hydrogen-bond acceptors (Lipinski definition) is 4. The molecule has 0 spiro atoms. The van der Waals surface area contributed by atoms with Crippen LogP contribution in [0, 0.1) is 11.3 Å². The Hall–Kier alpha value is -4.24. The number of para-hydroxylation sites is 1. The molecule has 6 heteroatoms. The third-order valence-electron chi connectivity index (χ3n) is 6.15. The summed E-state index contributed by atoms with van der Waals surface area (Å²) in [6, 6.07) is 16.5. The van der Waals surface area contributed by atoms with Crippen molar-refractivity contribution in [3.05, 3.63) is 90.3 Å². The highest BCUT2D eigenvalue weighted by atomic mass is 15.1. The van der Waals surface area contributed by atoms with Crippen LogP contribution >= 0.6 is 0 Å². The Morgan fingerprint density at radius 3 is 2.26 bits per heavy atom. The zero-order chi connectivity index (χ0) is 23.8. The van der Waals surface area contributed by atoms with Gasteiger partial charge in [-0.3, -0.25) is 9.55 Å². The fourth-order valence-electron chi connectivity index (χ4n) is 4.52. The van der Waals surface area contributed by atoms with E-state index in [1.807, 2.05) is 42.9 Å². The maximum Gasteiger partial charge on any atom is 0.159 e. The first kappa shape index (κ1) is 21.6. The second kappa shape index (κ2) is 8.60. The number of nitrogens with zero attached hydrogens (tertiary/aromatic N) is 6. The van der Waals surface area contributed by atoms with Gasteiger partial charge < -0.3 is 4.57 Å². The molecule has 5 aromatic rings. The standard InChI is InChI=1S/C28H26N6/c1-18(2)21-8-7-9-22(19(3)4)27(21)34-16-20(14-29)32-28(34)24-17-33(26-10-5-6-12-31-26)25-11-13-30-15-23(24)25/h5-13,15-19H,1-4H3. The van der Waals surface area contributed by atoms with Gasteiger partial charge in [0.1, 0.15) is 17.7 Å². The lowest BCUT2D eigenvalue weighted by Gasteiger charge is -2.21. The molecule has 0 saturated carbocycles. The van der Waals surface area contributed by atoms with Crippen LogP contribution in [0.4, 0.5) is 0 Å². The number of nitriles is 1. The highest BCUT2D eigenvalue weighted by molar-refractivity contribution is 5.95. The molecule has 0 saturated heterocycles. The molecule has 0 radical (unpaired) electrons. The van der Waals surface area contributed by atoms with Crippen molar-refractivity contribution in [3.63, 3.8) is 0 Å². The van der Waals surface area contributed by atoms with Gasteiger partial charge in [-0.05, 0) is 41.2 Å². The van der Waals surface area contributed by atoms with E-state index in [2.05, 4.69) is 71.1 Å². The van der Waals surface area contributed by atoms with Crippen molar-refractivity contribution in [2.45, 2.75) is 39.5 Å². The van der Waals surface area contributed by atoms with Crippen LogP contribution in [0.25, 0.3) is 33.8 Å². The quantitative estimate of drug-likeness (QED) is 0.313. The van der Waals surface area contributed by atoms with E-state index >= 15 is 0 Å². The molecular formula is C28H26N6. The normalized spacial score (nSPS) is 11.4.